The largest absolute Gasteiger partial charge is 0.481 e. The number of aliphatic carboxylic acids is 1. The Morgan fingerprint density at radius 3 is 2.78 bits per heavy atom. The normalized spacial score (nSPS) is 13.4. The van der Waals surface area contributed by atoms with Crippen LogP contribution in [0.5, 0.6) is 0 Å². The molecule has 1 aromatic rings. The van der Waals surface area contributed by atoms with Crippen molar-refractivity contribution < 1.29 is 18.3 Å². The summed E-state index contributed by atoms with van der Waals surface area (Å²) < 4.78 is 27.6. The van der Waals surface area contributed by atoms with Gasteiger partial charge in [-0.1, -0.05) is 0 Å². The SMILES string of the molecule is CC(CCCC(=O)O)NS(=O)(=O)c1cnn(C)c1. The number of carbonyl (C=O) groups is 1. The van der Waals surface area contributed by atoms with Gasteiger partial charge in [-0.3, -0.25) is 9.48 Å². The summed E-state index contributed by atoms with van der Waals surface area (Å²) >= 11 is 0. The minimum atomic E-state index is -3.57. The van der Waals surface area contributed by atoms with Gasteiger partial charge in [0.2, 0.25) is 10.0 Å². The zero-order valence-electron chi connectivity index (χ0n) is 10.3. The fourth-order valence-corrected chi connectivity index (χ4v) is 2.75. The highest BCUT2D eigenvalue weighted by Crippen LogP contribution is 2.09. The van der Waals surface area contributed by atoms with Crippen LogP contribution in [0.3, 0.4) is 0 Å². The Balaban J connectivity index is 2.53. The van der Waals surface area contributed by atoms with E-state index in [1.165, 1.54) is 17.1 Å². The Labute approximate surface area is 106 Å². The molecule has 0 aliphatic rings. The molecule has 0 amide bonds. The summed E-state index contributed by atoms with van der Waals surface area (Å²) in [6, 6.07) is -0.311. The first-order valence-electron chi connectivity index (χ1n) is 5.54. The molecule has 0 saturated carbocycles. The molecule has 2 N–H and O–H groups in total. The maximum Gasteiger partial charge on any atom is 0.303 e. The third-order valence-electron chi connectivity index (χ3n) is 2.38. The number of carboxylic acids is 1. The zero-order chi connectivity index (χ0) is 13.8. The van der Waals surface area contributed by atoms with Crippen LogP contribution in [0.1, 0.15) is 26.2 Å². The Bertz CT molecular complexity index is 509. The summed E-state index contributed by atoms with van der Waals surface area (Å²) in [4.78, 5) is 10.4. The fourth-order valence-electron chi connectivity index (χ4n) is 1.49. The highest BCUT2D eigenvalue weighted by Gasteiger charge is 2.18. The van der Waals surface area contributed by atoms with Crippen molar-refractivity contribution in [2.24, 2.45) is 7.05 Å². The predicted octanol–water partition coefficient (Wildman–Crippen LogP) is 0.342. The van der Waals surface area contributed by atoms with Crippen LogP contribution in [0, 0.1) is 0 Å². The van der Waals surface area contributed by atoms with E-state index in [4.69, 9.17) is 5.11 Å². The molecule has 0 bridgehead atoms. The van der Waals surface area contributed by atoms with Gasteiger partial charge < -0.3 is 5.11 Å². The van der Waals surface area contributed by atoms with Crippen LogP contribution in [0.2, 0.25) is 0 Å². The Kier molecular flexibility index (Phi) is 4.85. The van der Waals surface area contributed by atoms with Crippen LogP contribution in [0.15, 0.2) is 17.3 Å². The molecule has 0 aliphatic heterocycles. The number of nitrogens with zero attached hydrogens (tertiary/aromatic N) is 2. The number of aromatic nitrogens is 2. The van der Waals surface area contributed by atoms with Crippen molar-refractivity contribution in [3.05, 3.63) is 12.4 Å². The van der Waals surface area contributed by atoms with Crippen molar-refractivity contribution >= 4 is 16.0 Å². The molecule has 0 fully saturated rings. The summed E-state index contributed by atoms with van der Waals surface area (Å²) in [6.45, 7) is 1.70. The second-order valence-electron chi connectivity index (χ2n) is 4.16. The van der Waals surface area contributed by atoms with E-state index in [1.807, 2.05) is 0 Å². The molecular formula is C10H17N3O4S. The third kappa shape index (κ3) is 4.46. The van der Waals surface area contributed by atoms with Gasteiger partial charge in [-0.25, -0.2) is 13.1 Å². The van der Waals surface area contributed by atoms with E-state index in [-0.39, 0.29) is 17.4 Å². The van der Waals surface area contributed by atoms with Gasteiger partial charge in [0.05, 0.1) is 6.20 Å². The molecule has 0 aromatic carbocycles. The number of sulfonamides is 1. The van der Waals surface area contributed by atoms with Crippen molar-refractivity contribution in [3.8, 4) is 0 Å². The highest BCUT2D eigenvalue weighted by atomic mass is 32.2. The van der Waals surface area contributed by atoms with Crippen molar-refractivity contribution in [3.63, 3.8) is 0 Å². The van der Waals surface area contributed by atoms with Gasteiger partial charge in [0.15, 0.2) is 0 Å². The van der Waals surface area contributed by atoms with Crippen molar-refractivity contribution in [2.75, 3.05) is 0 Å². The molecule has 8 heteroatoms. The first-order chi connectivity index (χ1) is 8.31. The van der Waals surface area contributed by atoms with Gasteiger partial charge in [-0.15, -0.1) is 0 Å². The molecule has 0 aliphatic carbocycles. The lowest BCUT2D eigenvalue weighted by molar-refractivity contribution is -0.137. The Morgan fingerprint density at radius 1 is 1.61 bits per heavy atom. The number of hydrogen-bond acceptors (Lipinski definition) is 4. The average molecular weight is 275 g/mol. The summed E-state index contributed by atoms with van der Waals surface area (Å²) in [5, 5.41) is 12.3. The van der Waals surface area contributed by atoms with Crippen molar-refractivity contribution in [2.45, 2.75) is 37.1 Å². The number of nitrogens with one attached hydrogen (secondary N) is 1. The molecule has 1 heterocycles. The van der Waals surface area contributed by atoms with Gasteiger partial charge in [0, 0.05) is 25.7 Å². The molecule has 1 unspecified atom stereocenters. The minimum absolute atomic E-state index is 0.0406. The molecular weight excluding hydrogens is 258 g/mol. The molecule has 102 valence electrons. The number of hydrogen-bond donors (Lipinski definition) is 2. The summed E-state index contributed by atoms with van der Waals surface area (Å²) in [5.74, 6) is -0.877. The van der Waals surface area contributed by atoms with E-state index in [2.05, 4.69) is 9.82 Å². The first-order valence-corrected chi connectivity index (χ1v) is 7.02. The van der Waals surface area contributed by atoms with Gasteiger partial charge in [-0.2, -0.15) is 5.10 Å². The van der Waals surface area contributed by atoms with Crippen LogP contribution < -0.4 is 4.72 Å². The summed E-state index contributed by atoms with van der Waals surface area (Å²) in [6.07, 6.45) is 3.63. The number of rotatable bonds is 7. The standard InChI is InChI=1S/C10H17N3O4S/c1-8(4-3-5-10(14)15)12-18(16,17)9-6-11-13(2)7-9/h6-8,12H,3-5H2,1-2H3,(H,14,15). The van der Waals surface area contributed by atoms with E-state index >= 15 is 0 Å². The molecule has 7 nitrogen and oxygen atoms in total. The third-order valence-corrected chi connectivity index (χ3v) is 3.92. The van der Waals surface area contributed by atoms with E-state index in [9.17, 15) is 13.2 Å². The molecule has 1 atom stereocenters. The van der Waals surface area contributed by atoms with E-state index in [0.717, 1.165) is 0 Å². The highest BCUT2D eigenvalue weighted by molar-refractivity contribution is 7.89. The lowest BCUT2D eigenvalue weighted by Gasteiger charge is -2.12. The van der Waals surface area contributed by atoms with Crippen LogP contribution in [0.25, 0.3) is 0 Å². The Hall–Kier alpha value is -1.41. The molecule has 0 saturated heterocycles. The quantitative estimate of drug-likeness (QED) is 0.747. The molecule has 0 spiro atoms. The van der Waals surface area contributed by atoms with Crippen LogP contribution in [0.4, 0.5) is 0 Å². The van der Waals surface area contributed by atoms with E-state index in [1.54, 1.807) is 14.0 Å². The lowest BCUT2D eigenvalue weighted by Crippen LogP contribution is -2.32. The van der Waals surface area contributed by atoms with Crippen LogP contribution >= 0.6 is 0 Å². The second-order valence-corrected chi connectivity index (χ2v) is 5.87. The maximum atomic E-state index is 11.9. The van der Waals surface area contributed by atoms with E-state index < -0.39 is 16.0 Å². The average Bonchev–Trinajstić information content (AvgIpc) is 2.64. The molecule has 18 heavy (non-hydrogen) atoms. The molecule has 1 aromatic heterocycles. The zero-order valence-corrected chi connectivity index (χ0v) is 11.1. The summed E-state index contributed by atoms with van der Waals surface area (Å²) in [5.41, 5.74) is 0. The maximum absolute atomic E-state index is 11.9. The number of aryl methyl sites for hydroxylation is 1. The first kappa shape index (κ1) is 14.7. The molecule has 1 rings (SSSR count). The van der Waals surface area contributed by atoms with Crippen LogP contribution in [-0.2, 0) is 21.9 Å². The lowest BCUT2D eigenvalue weighted by atomic mass is 10.1. The minimum Gasteiger partial charge on any atom is -0.481 e. The van der Waals surface area contributed by atoms with Crippen molar-refractivity contribution in [1.29, 1.82) is 0 Å². The topological polar surface area (TPSA) is 101 Å². The summed E-state index contributed by atoms with van der Waals surface area (Å²) in [7, 11) is -1.94. The smallest absolute Gasteiger partial charge is 0.303 e. The Morgan fingerprint density at radius 2 is 2.28 bits per heavy atom. The predicted molar refractivity (Wildman–Crippen MR) is 64.5 cm³/mol. The van der Waals surface area contributed by atoms with Gasteiger partial charge in [0.1, 0.15) is 4.90 Å². The van der Waals surface area contributed by atoms with E-state index in [0.29, 0.717) is 12.8 Å². The van der Waals surface area contributed by atoms with Crippen LogP contribution in [-0.4, -0.2) is 35.3 Å². The molecule has 0 radical (unpaired) electrons. The van der Waals surface area contributed by atoms with Crippen molar-refractivity contribution in [1.82, 2.24) is 14.5 Å². The monoisotopic (exact) mass is 275 g/mol. The van der Waals surface area contributed by atoms with Gasteiger partial charge in [-0.05, 0) is 19.8 Å². The fraction of sp³-hybridized carbons (Fsp3) is 0.600. The van der Waals surface area contributed by atoms with Gasteiger partial charge in [0.25, 0.3) is 0 Å². The second kappa shape index (κ2) is 5.96. The van der Waals surface area contributed by atoms with Gasteiger partial charge >= 0.3 is 5.97 Å². The number of carboxylic acid groups (broad SMARTS) is 1.